The third-order valence-electron chi connectivity index (χ3n) is 2.59. The molecule has 0 radical (unpaired) electrons. The highest BCUT2D eigenvalue weighted by molar-refractivity contribution is 7.87. The van der Waals surface area contributed by atoms with E-state index < -0.39 is 10.2 Å². The summed E-state index contributed by atoms with van der Waals surface area (Å²) >= 11 is 0. The predicted molar refractivity (Wildman–Crippen MR) is 49.2 cm³/mol. The van der Waals surface area contributed by atoms with Crippen LogP contribution in [-0.2, 0) is 10.2 Å². The van der Waals surface area contributed by atoms with Crippen molar-refractivity contribution >= 4 is 10.2 Å². The van der Waals surface area contributed by atoms with E-state index in [0.717, 1.165) is 12.8 Å². The van der Waals surface area contributed by atoms with Crippen molar-refractivity contribution < 1.29 is 8.42 Å². The second-order valence-corrected chi connectivity index (χ2v) is 5.46. The Kier molecular flexibility index (Phi) is 2.31. The maximum Gasteiger partial charge on any atom is 0.279 e. The zero-order chi connectivity index (χ0) is 9.47. The van der Waals surface area contributed by atoms with Gasteiger partial charge in [-0.05, 0) is 25.3 Å². The molecule has 0 aromatic heterocycles. The Balaban J connectivity index is 2.10. The molecule has 1 aliphatic carbocycles. The number of hydrogen-bond acceptors (Lipinski definition) is 3. The molecule has 13 heavy (non-hydrogen) atoms. The van der Waals surface area contributed by atoms with Gasteiger partial charge in [-0.3, -0.25) is 0 Å². The molecule has 6 heteroatoms. The summed E-state index contributed by atoms with van der Waals surface area (Å²) in [7, 11) is -3.18. The monoisotopic (exact) mass is 205 g/mol. The van der Waals surface area contributed by atoms with Gasteiger partial charge in [0.2, 0.25) is 0 Å². The highest BCUT2D eigenvalue weighted by Gasteiger charge is 2.40. The average Bonchev–Trinajstić information content (AvgIpc) is 2.87. The van der Waals surface area contributed by atoms with Crippen molar-refractivity contribution in [2.75, 3.05) is 19.6 Å². The van der Waals surface area contributed by atoms with Crippen molar-refractivity contribution in [2.45, 2.75) is 18.9 Å². The number of nitrogens with zero attached hydrogens (tertiary/aromatic N) is 1. The molecule has 76 valence electrons. The van der Waals surface area contributed by atoms with Gasteiger partial charge in [0.05, 0.1) is 0 Å². The molecule has 2 fully saturated rings. The maximum absolute atomic E-state index is 11.5. The minimum Gasteiger partial charge on any atom is -0.330 e. The van der Waals surface area contributed by atoms with E-state index in [-0.39, 0.29) is 12.0 Å². The van der Waals surface area contributed by atoms with Crippen LogP contribution in [0.15, 0.2) is 0 Å². The lowest BCUT2D eigenvalue weighted by atomic mass is 10.1. The fourth-order valence-corrected chi connectivity index (χ4v) is 3.21. The molecule has 0 aromatic carbocycles. The van der Waals surface area contributed by atoms with Gasteiger partial charge in [0.25, 0.3) is 10.2 Å². The van der Waals surface area contributed by atoms with E-state index in [0.29, 0.717) is 19.6 Å². The van der Waals surface area contributed by atoms with Crippen LogP contribution in [0.4, 0.5) is 0 Å². The van der Waals surface area contributed by atoms with Crippen LogP contribution in [0, 0.1) is 5.92 Å². The predicted octanol–water partition coefficient (Wildman–Crippen LogP) is -1.13. The van der Waals surface area contributed by atoms with Crippen molar-refractivity contribution in [1.82, 2.24) is 9.03 Å². The molecule has 0 aromatic rings. The van der Waals surface area contributed by atoms with Crippen molar-refractivity contribution in [2.24, 2.45) is 11.7 Å². The summed E-state index contributed by atoms with van der Waals surface area (Å²) in [5.41, 5.74) is 5.51. The number of nitrogens with two attached hydrogens (primary N) is 1. The van der Waals surface area contributed by atoms with Gasteiger partial charge in [-0.1, -0.05) is 0 Å². The van der Waals surface area contributed by atoms with Gasteiger partial charge in [0, 0.05) is 19.1 Å². The molecule has 0 spiro atoms. The molecule has 5 nitrogen and oxygen atoms in total. The summed E-state index contributed by atoms with van der Waals surface area (Å²) in [6.07, 6.45) is 2.00. The summed E-state index contributed by atoms with van der Waals surface area (Å²) in [5, 5.41) is 0. The number of rotatable bonds is 2. The van der Waals surface area contributed by atoms with Crippen LogP contribution in [0.5, 0.6) is 0 Å². The summed E-state index contributed by atoms with van der Waals surface area (Å²) in [4.78, 5) is 0. The second kappa shape index (κ2) is 3.20. The van der Waals surface area contributed by atoms with E-state index in [1.807, 2.05) is 0 Å². The molecule has 0 amide bonds. The normalized spacial score (nSPS) is 34.7. The van der Waals surface area contributed by atoms with Gasteiger partial charge in [0.15, 0.2) is 0 Å². The first kappa shape index (κ1) is 9.39. The number of nitrogens with one attached hydrogen (secondary N) is 1. The summed E-state index contributed by atoms with van der Waals surface area (Å²) < 4.78 is 27.1. The summed E-state index contributed by atoms with van der Waals surface area (Å²) in [6.45, 7) is 1.63. The third kappa shape index (κ3) is 1.85. The van der Waals surface area contributed by atoms with E-state index in [9.17, 15) is 8.42 Å². The van der Waals surface area contributed by atoms with Crippen LogP contribution in [0.3, 0.4) is 0 Å². The summed E-state index contributed by atoms with van der Waals surface area (Å²) in [5.74, 6) is 0.268. The Labute approximate surface area is 78.5 Å². The minimum absolute atomic E-state index is 0.242. The fraction of sp³-hybridized carbons (Fsp3) is 1.00. The molecule has 1 aliphatic heterocycles. The van der Waals surface area contributed by atoms with Gasteiger partial charge >= 0.3 is 0 Å². The Hall–Kier alpha value is -0.170. The van der Waals surface area contributed by atoms with Crippen LogP contribution >= 0.6 is 0 Å². The van der Waals surface area contributed by atoms with E-state index in [2.05, 4.69) is 4.72 Å². The van der Waals surface area contributed by atoms with Crippen LogP contribution < -0.4 is 10.5 Å². The first-order valence-electron chi connectivity index (χ1n) is 4.60. The highest BCUT2D eigenvalue weighted by atomic mass is 32.2. The van der Waals surface area contributed by atoms with Crippen molar-refractivity contribution in [3.8, 4) is 0 Å². The lowest BCUT2D eigenvalue weighted by Crippen LogP contribution is -2.53. The van der Waals surface area contributed by atoms with Crippen molar-refractivity contribution in [3.63, 3.8) is 0 Å². The molecule has 2 aliphatic rings. The van der Waals surface area contributed by atoms with Crippen LogP contribution in [0.1, 0.15) is 12.8 Å². The molecule has 1 saturated carbocycles. The van der Waals surface area contributed by atoms with E-state index >= 15 is 0 Å². The Bertz CT molecular complexity index is 286. The maximum atomic E-state index is 11.5. The van der Waals surface area contributed by atoms with E-state index in [1.54, 1.807) is 4.31 Å². The van der Waals surface area contributed by atoms with Gasteiger partial charge in [-0.2, -0.15) is 12.7 Å². The SMILES string of the molecule is NCC1CNS(=O)(=O)N(C2CC2)C1. The van der Waals surface area contributed by atoms with Gasteiger partial charge < -0.3 is 5.73 Å². The molecule has 1 unspecified atom stereocenters. The summed E-state index contributed by atoms with van der Waals surface area (Å²) in [6, 6.07) is 0.242. The standard InChI is InChI=1S/C7H15N3O2S/c8-3-6-4-9-13(11,12)10(5-6)7-1-2-7/h6-7,9H,1-5,8H2. The van der Waals surface area contributed by atoms with Crippen molar-refractivity contribution in [1.29, 1.82) is 0 Å². The average molecular weight is 205 g/mol. The zero-order valence-electron chi connectivity index (χ0n) is 7.44. The van der Waals surface area contributed by atoms with E-state index in [1.165, 1.54) is 0 Å². The van der Waals surface area contributed by atoms with Crippen LogP contribution in [0.25, 0.3) is 0 Å². The second-order valence-electron chi connectivity index (χ2n) is 3.76. The molecule has 1 heterocycles. The topological polar surface area (TPSA) is 75.4 Å². The molecule has 1 atom stereocenters. The molecule has 3 N–H and O–H groups in total. The van der Waals surface area contributed by atoms with Crippen LogP contribution in [0.2, 0.25) is 0 Å². The minimum atomic E-state index is -3.18. The Morgan fingerprint density at radius 3 is 2.69 bits per heavy atom. The molecular formula is C7H15N3O2S. The zero-order valence-corrected chi connectivity index (χ0v) is 8.26. The molecule has 1 saturated heterocycles. The fourth-order valence-electron chi connectivity index (χ4n) is 1.59. The first-order valence-corrected chi connectivity index (χ1v) is 6.04. The lowest BCUT2D eigenvalue weighted by molar-refractivity contribution is 0.305. The quantitative estimate of drug-likeness (QED) is 0.599. The van der Waals surface area contributed by atoms with Gasteiger partial charge in [-0.15, -0.1) is 0 Å². The van der Waals surface area contributed by atoms with E-state index in [4.69, 9.17) is 5.73 Å². The van der Waals surface area contributed by atoms with Gasteiger partial charge in [0.1, 0.15) is 0 Å². The molecule has 0 bridgehead atoms. The van der Waals surface area contributed by atoms with Gasteiger partial charge in [-0.25, -0.2) is 4.72 Å². The Morgan fingerprint density at radius 2 is 2.15 bits per heavy atom. The highest BCUT2D eigenvalue weighted by Crippen LogP contribution is 2.30. The largest absolute Gasteiger partial charge is 0.330 e. The van der Waals surface area contributed by atoms with Crippen molar-refractivity contribution in [3.05, 3.63) is 0 Å². The Morgan fingerprint density at radius 1 is 1.46 bits per heavy atom. The third-order valence-corrected chi connectivity index (χ3v) is 4.18. The lowest BCUT2D eigenvalue weighted by Gasteiger charge is -2.31. The molecule has 2 rings (SSSR count). The van der Waals surface area contributed by atoms with Crippen LogP contribution in [-0.4, -0.2) is 38.4 Å². The number of hydrogen-bond donors (Lipinski definition) is 2. The smallest absolute Gasteiger partial charge is 0.279 e. The first-order chi connectivity index (χ1) is 6.13. The molecular weight excluding hydrogens is 190 g/mol.